The molecule has 1 aromatic heterocycles. The second kappa shape index (κ2) is 9.08. The van der Waals surface area contributed by atoms with Crippen molar-refractivity contribution in [3.05, 3.63) is 65.4 Å². The second-order valence-electron chi connectivity index (χ2n) is 6.84. The Bertz CT molecular complexity index is 925. The summed E-state index contributed by atoms with van der Waals surface area (Å²) < 4.78 is 5.53. The van der Waals surface area contributed by atoms with Gasteiger partial charge in [0.05, 0.1) is 0 Å². The SMILES string of the molecule is Cc1cc(C)cc(OCC(=O)NCCCNC(=O)c2cc3ccccc3[nH]2)c1. The molecule has 0 aliphatic heterocycles. The first-order valence-corrected chi connectivity index (χ1v) is 9.35. The van der Waals surface area contributed by atoms with Crippen LogP contribution in [0.1, 0.15) is 28.0 Å². The van der Waals surface area contributed by atoms with Crippen LogP contribution in [0.5, 0.6) is 5.75 Å². The molecule has 0 aliphatic carbocycles. The fraction of sp³-hybridized carbons (Fsp3) is 0.273. The largest absolute Gasteiger partial charge is 0.484 e. The Morgan fingerprint density at radius 2 is 1.68 bits per heavy atom. The standard InChI is InChI=1S/C22H25N3O3/c1-15-10-16(2)12-18(11-15)28-14-21(26)23-8-5-9-24-22(27)20-13-17-6-3-4-7-19(17)25-20/h3-4,6-7,10-13,25H,5,8-9,14H2,1-2H3,(H,23,26)(H,24,27). The lowest BCUT2D eigenvalue weighted by Gasteiger charge is -2.09. The van der Waals surface area contributed by atoms with Crippen LogP contribution in [0, 0.1) is 13.8 Å². The van der Waals surface area contributed by atoms with Crippen LogP contribution < -0.4 is 15.4 Å². The van der Waals surface area contributed by atoms with Gasteiger partial charge in [0.1, 0.15) is 11.4 Å². The van der Waals surface area contributed by atoms with Crippen molar-refractivity contribution in [1.29, 1.82) is 0 Å². The first kappa shape index (κ1) is 19.5. The summed E-state index contributed by atoms with van der Waals surface area (Å²) in [6, 6.07) is 15.4. The zero-order valence-corrected chi connectivity index (χ0v) is 16.2. The Balaban J connectivity index is 1.33. The molecule has 3 aromatic rings. The Hall–Kier alpha value is -3.28. The summed E-state index contributed by atoms with van der Waals surface area (Å²) in [5.41, 5.74) is 3.66. The molecule has 3 rings (SSSR count). The number of para-hydroxylation sites is 1. The average molecular weight is 379 g/mol. The van der Waals surface area contributed by atoms with Gasteiger partial charge in [-0.05, 0) is 55.7 Å². The summed E-state index contributed by atoms with van der Waals surface area (Å²) in [5.74, 6) is 0.361. The van der Waals surface area contributed by atoms with Crippen LogP contribution in [0.15, 0.2) is 48.5 Å². The molecule has 0 atom stereocenters. The third-order valence-electron chi connectivity index (χ3n) is 4.30. The van der Waals surface area contributed by atoms with Gasteiger partial charge in [0.2, 0.25) is 0 Å². The molecule has 0 spiro atoms. The summed E-state index contributed by atoms with van der Waals surface area (Å²) in [5, 5.41) is 6.65. The zero-order chi connectivity index (χ0) is 19.9. The van der Waals surface area contributed by atoms with E-state index in [2.05, 4.69) is 21.7 Å². The van der Waals surface area contributed by atoms with E-state index in [1.165, 1.54) is 0 Å². The predicted molar refractivity (Wildman–Crippen MR) is 110 cm³/mol. The first-order chi connectivity index (χ1) is 13.5. The fourth-order valence-corrected chi connectivity index (χ4v) is 3.03. The average Bonchev–Trinajstić information content (AvgIpc) is 3.09. The molecule has 2 amide bonds. The van der Waals surface area contributed by atoms with Crippen LogP contribution in [0.3, 0.4) is 0 Å². The smallest absolute Gasteiger partial charge is 0.267 e. The molecule has 0 saturated carbocycles. The van der Waals surface area contributed by atoms with E-state index in [9.17, 15) is 9.59 Å². The molecule has 3 N–H and O–H groups in total. The third-order valence-corrected chi connectivity index (χ3v) is 4.30. The van der Waals surface area contributed by atoms with Gasteiger partial charge in [0.15, 0.2) is 6.61 Å². The highest BCUT2D eigenvalue weighted by atomic mass is 16.5. The van der Waals surface area contributed by atoms with Crippen molar-refractivity contribution in [3.8, 4) is 5.75 Å². The second-order valence-corrected chi connectivity index (χ2v) is 6.84. The quantitative estimate of drug-likeness (QED) is 0.526. The molecule has 146 valence electrons. The van der Waals surface area contributed by atoms with Crippen molar-refractivity contribution < 1.29 is 14.3 Å². The van der Waals surface area contributed by atoms with E-state index in [4.69, 9.17) is 4.74 Å². The van der Waals surface area contributed by atoms with Gasteiger partial charge in [0.25, 0.3) is 11.8 Å². The summed E-state index contributed by atoms with van der Waals surface area (Å²) in [6.07, 6.45) is 0.640. The predicted octanol–water partition coefficient (Wildman–Crippen LogP) is 3.10. The molecule has 2 aromatic carbocycles. The van der Waals surface area contributed by atoms with Gasteiger partial charge in [0, 0.05) is 24.0 Å². The van der Waals surface area contributed by atoms with Crippen molar-refractivity contribution in [2.45, 2.75) is 20.3 Å². The molecule has 0 radical (unpaired) electrons. The first-order valence-electron chi connectivity index (χ1n) is 9.35. The molecule has 0 fully saturated rings. The van der Waals surface area contributed by atoms with Crippen LogP contribution >= 0.6 is 0 Å². The van der Waals surface area contributed by atoms with E-state index < -0.39 is 0 Å². The number of benzene rings is 2. The van der Waals surface area contributed by atoms with Crippen molar-refractivity contribution in [2.24, 2.45) is 0 Å². The molecule has 28 heavy (non-hydrogen) atoms. The van der Waals surface area contributed by atoms with Gasteiger partial charge in [-0.3, -0.25) is 9.59 Å². The Morgan fingerprint density at radius 1 is 0.964 bits per heavy atom. The van der Waals surface area contributed by atoms with Crippen LogP contribution in [0.25, 0.3) is 10.9 Å². The number of ether oxygens (including phenoxy) is 1. The Kier molecular flexibility index (Phi) is 6.32. The van der Waals surface area contributed by atoms with Crippen LogP contribution in [0.2, 0.25) is 0 Å². The molecular weight excluding hydrogens is 354 g/mol. The number of hydrogen-bond acceptors (Lipinski definition) is 3. The Morgan fingerprint density at radius 3 is 2.43 bits per heavy atom. The molecule has 0 bridgehead atoms. The number of H-pyrrole nitrogens is 1. The minimum Gasteiger partial charge on any atom is -0.484 e. The summed E-state index contributed by atoms with van der Waals surface area (Å²) in [4.78, 5) is 27.1. The molecule has 6 heteroatoms. The van der Waals surface area contributed by atoms with Crippen molar-refractivity contribution in [1.82, 2.24) is 15.6 Å². The highest BCUT2D eigenvalue weighted by molar-refractivity contribution is 5.97. The van der Waals surface area contributed by atoms with Gasteiger partial charge in [-0.25, -0.2) is 0 Å². The summed E-state index contributed by atoms with van der Waals surface area (Å²) in [6.45, 7) is 4.91. The number of aromatic amines is 1. The van der Waals surface area contributed by atoms with E-state index in [0.29, 0.717) is 31.0 Å². The number of carbonyl (C=O) groups excluding carboxylic acids is 2. The number of aryl methyl sites for hydroxylation is 2. The lowest BCUT2D eigenvalue weighted by Crippen LogP contribution is -2.32. The number of rotatable bonds is 8. The number of hydrogen-bond donors (Lipinski definition) is 3. The topological polar surface area (TPSA) is 83.2 Å². The van der Waals surface area contributed by atoms with Gasteiger partial charge in [-0.1, -0.05) is 24.3 Å². The maximum atomic E-state index is 12.2. The maximum Gasteiger partial charge on any atom is 0.267 e. The molecular formula is C22H25N3O3. The summed E-state index contributed by atoms with van der Waals surface area (Å²) >= 11 is 0. The number of aromatic nitrogens is 1. The highest BCUT2D eigenvalue weighted by Crippen LogP contribution is 2.16. The monoisotopic (exact) mass is 379 g/mol. The normalized spacial score (nSPS) is 10.6. The van der Waals surface area contributed by atoms with Crippen LogP contribution in [0.4, 0.5) is 0 Å². The van der Waals surface area contributed by atoms with E-state index in [-0.39, 0.29) is 18.4 Å². The summed E-state index contributed by atoms with van der Waals surface area (Å²) in [7, 11) is 0. The van der Waals surface area contributed by atoms with Crippen LogP contribution in [-0.4, -0.2) is 36.5 Å². The highest BCUT2D eigenvalue weighted by Gasteiger charge is 2.08. The van der Waals surface area contributed by atoms with Crippen molar-refractivity contribution >= 4 is 22.7 Å². The molecule has 0 unspecified atom stereocenters. The fourth-order valence-electron chi connectivity index (χ4n) is 3.03. The zero-order valence-electron chi connectivity index (χ0n) is 16.2. The lowest BCUT2D eigenvalue weighted by molar-refractivity contribution is -0.123. The molecule has 6 nitrogen and oxygen atoms in total. The number of nitrogens with one attached hydrogen (secondary N) is 3. The minimum atomic E-state index is -0.180. The van der Waals surface area contributed by atoms with E-state index in [1.54, 1.807) is 0 Å². The number of carbonyl (C=O) groups is 2. The van der Waals surface area contributed by atoms with Crippen LogP contribution in [-0.2, 0) is 4.79 Å². The molecule has 0 aliphatic rings. The Labute approximate surface area is 164 Å². The van der Waals surface area contributed by atoms with Crippen molar-refractivity contribution in [2.75, 3.05) is 19.7 Å². The van der Waals surface area contributed by atoms with E-state index in [1.807, 2.05) is 56.3 Å². The minimum absolute atomic E-state index is 0.0235. The van der Waals surface area contributed by atoms with Gasteiger partial charge >= 0.3 is 0 Å². The van der Waals surface area contributed by atoms with E-state index in [0.717, 1.165) is 22.0 Å². The third kappa shape index (κ3) is 5.36. The lowest BCUT2D eigenvalue weighted by atomic mass is 10.1. The number of fused-ring (bicyclic) bond motifs is 1. The van der Waals surface area contributed by atoms with Crippen molar-refractivity contribution in [3.63, 3.8) is 0 Å². The van der Waals surface area contributed by atoms with Gasteiger partial charge in [-0.15, -0.1) is 0 Å². The van der Waals surface area contributed by atoms with Gasteiger partial charge in [-0.2, -0.15) is 0 Å². The maximum absolute atomic E-state index is 12.2. The number of amides is 2. The molecule has 1 heterocycles. The van der Waals surface area contributed by atoms with E-state index >= 15 is 0 Å². The molecule has 0 saturated heterocycles. The van der Waals surface area contributed by atoms with Gasteiger partial charge < -0.3 is 20.4 Å².